The third-order valence-corrected chi connectivity index (χ3v) is 5.48. The van der Waals surface area contributed by atoms with Gasteiger partial charge in [-0.15, -0.1) is 0 Å². The van der Waals surface area contributed by atoms with E-state index in [4.69, 9.17) is 4.98 Å². The molecular formula is C25H29N7O. The Morgan fingerprint density at radius 3 is 2.48 bits per heavy atom. The molecule has 4 aromatic rings. The number of benzene rings is 2. The smallest absolute Gasteiger partial charge is 0.251 e. The van der Waals surface area contributed by atoms with Crippen molar-refractivity contribution in [2.24, 2.45) is 0 Å². The summed E-state index contributed by atoms with van der Waals surface area (Å²) in [5, 5.41) is 15.9. The summed E-state index contributed by atoms with van der Waals surface area (Å²) in [7, 11) is 0. The predicted molar refractivity (Wildman–Crippen MR) is 127 cm³/mol. The number of nitrogens with zero attached hydrogens (tertiary/aromatic N) is 6. The molecule has 2 aromatic carbocycles. The maximum Gasteiger partial charge on any atom is 0.251 e. The maximum atomic E-state index is 12.7. The second-order valence-electron chi connectivity index (χ2n) is 7.81. The number of rotatable bonds is 10. The first-order valence-electron chi connectivity index (χ1n) is 11.5. The van der Waals surface area contributed by atoms with Crippen molar-refractivity contribution in [3.63, 3.8) is 0 Å². The lowest BCUT2D eigenvalue weighted by Gasteiger charge is -2.09. The van der Waals surface area contributed by atoms with Crippen LogP contribution in [0.25, 0.3) is 17.1 Å². The summed E-state index contributed by atoms with van der Waals surface area (Å²) in [6.45, 7) is 5.52. The van der Waals surface area contributed by atoms with Crippen molar-refractivity contribution < 1.29 is 4.79 Å². The van der Waals surface area contributed by atoms with Gasteiger partial charge in [-0.1, -0.05) is 44.2 Å². The molecule has 0 saturated heterocycles. The monoisotopic (exact) mass is 443 g/mol. The molecule has 2 aromatic heterocycles. The van der Waals surface area contributed by atoms with Gasteiger partial charge in [-0.3, -0.25) is 4.79 Å². The predicted octanol–water partition coefficient (Wildman–Crippen LogP) is 3.86. The topological polar surface area (TPSA) is 90.5 Å². The number of amides is 1. The minimum atomic E-state index is -0.0984. The van der Waals surface area contributed by atoms with Crippen LogP contribution in [0.5, 0.6) is 0 Å². The third kappa shape index (κ3) is 5.52. The molecule has 0 aliphatic carbocycles. The van der Waals surface area contributed by atoms with Crippen LogP contribution in [0.2, 0.25) is 0 Å². The second-order valence-corrected chi connectivity index (χ2v) is 7.81. The maximum absolute atomic E-state index is 12.7. The fourth-order valence-electron chi connectivity index (χ4n) is 3.58. The number of aryl methyl sites for hydroxylation is 3. The highest BCUT2D eigenvalue weighted by Crippen LogP contribution is 2.23. The lowest BCUT2D eigenvalue weighted by molar-refractivity contribution is 0.0952. The molecule has 8 heteroatoms. The minimum Gasteiger partial charge on any atom is -0.352 e. The van der Waals surface area contributed by atoms with Gasteiger partial charge in [0.1, 0.15) is 0 Å². The summed E-state index contributed by atoms with van der Waals surface area (Å²) in [5.41, 5.74) is 3.69. The Morgan fingerprint density at radius 1 is 0.970 bits per heavy atom. The van der Waals surface area contributed by atoms with Gasteiger partial charge in [0.2, 0.25) is 0 Å². The molecule has 0 radical (unpaired) electrons. The zero-order valence-corrected chi connectivity index (χ0v) is 19.1. The van der Waals surface area contributed by atoms with Crippen molar-refractivity contribution in [1.29, 1.82) is 0 Å². The summed E-state index contributed by atoms with van der Waals surface area (Å²) >= 11 is 0. The van der Waals surface area contributed by atoms with E-state index in [1.165, 1.54) is 5.56 Å². The first kappa shape index (κ1) is 22.4. The number of aromatic nitrogens is 6. The second kappa shape index (κ2) is 10.7. The number of unbranched alkanes of at least 4 members (excludes halogenated alkanes) is 1. The van der Waals surface area contributed by atoms with Gasteiger partial charge in [-0.2, -0.15) is 20.1 Å². The van der Waals surface area contributed by atoms with Gasteiger partial charge in [0.25, 0.3) is 5.91 Å². The molecule has 0 aliphatic rings. The average Bonchev–Trinajstić information content (AvgIpc) is 3.54. The molecule has 1 N–H and O–H groups in total. The van der Waals surface area contributed by atoms with E-state index in [9.17, 15) is 4.79 Å². The van der Waals surface area contributed by atoms with Crippen LogP contribution in [0.15, 0.2) is 60.9 Å². The van der Waals surface area contributed by atoms with Crippen LogP contribution in [-0.4, -0.2) is 42.2 Å². The van der Waals surface area contributed by atoms with Gasteiger partial charge in [0.15, 0.2) is 11.6 Å². The molecule has 1 amide bonds. The zero-order chi connectivity index (χ0) is 23.0. The van der Waals surface area contributed by atoms with E-state index in [2.05, 4.69) is 51.8 Å². The van der Waals surface area contributed by atoms with Crippen molar-refractivity contribution in [3.05, 3.63) is 77.9 Å². The molecule has 33 heavy (non-hydrogen) atoms. The Hall–Kier alpha value is -3.81. The highest BCUT2D eigenvalue weighted by atomic mass is 16.1. The van der Waals surface area contributed by atoms with E-state index in [0.29, 0.717) is 12.1 Å². The van der Waals surface area contributed by atoms with Gasteiger partial charge in [0.05, 0.1) is 24.6 Å². The Kier molecular flexibility index (Phi) is 7.24. The lowest BCUT2D eigenvalue weighted by Crippen LogP contribution is -2.24. The van der Waals surface area contributed by atoms with Crippen LogP contribution < -0.4 is 5.32 Å². The Labute approximate surface area is 193 Å². The van der Waals surface area contributed by atoms with Crippen molar-refractivity contribution in [1.82, 2.24) is 35.1 Å². The van der Waals surface area contributed by atoms with Gasteiger partial charge >= 0.3 is 0 Å². The quantitative estimate of drug-likeness (QED) is 0.376. The van der Waals surface area contributed by atoms with E-state index in [1.54, 1.807) is 17.2 Å². The number of carbonyl (C=O) groups excluding carboxylic acids is 1. The fourth-order valence-corrected chi connectivity index (χ4v) is 3.58. The Balaban J connectivity index is 1.46. The number of hydrogen-bond acceptors (Lipinski definition) is 5. The molecule has 4 rings (SSSR count). The van der Waals surface area contributed by atoms with E-state index in [-0.39, 0.29) is 5.91 Å². The molecule has 0 fully saturated rings. The summed E-state index contributed by atoms with van der Waals surface area (Å²) in [4.78, 5) is 19.1. The van der Waals surface area contributed by atoms with Gasteiger partial charge in [-0.05, 0) is 43.0 Å². The van der Waals surface area contributed by atoms with Crippen LogP contribution >= 0.6 is 0 Å². The summed E-state index contributed by atoms with van der Waals surface area (Å²) < 4.78 is 1.83. The highest BCUT2D eigenvalue weighted by molar-refractivity contribution is 5.94. The van der Waals surface area contributed by atoms with Gasteiger partial charge in [0, 0.05) is 24.1 Å². The SMILES string of the molecule is CCc1ccc(-c2nc(CC)nn2-c2cccc(C(=O)NCCCCn3nccn3)c2)cc1. The van der Waals surface area contributed by atoms with Crippen molar-refractivity contribution >= 4 is 5.91 Å². The number of hydrogen-bond donors (Lipinski definition) is 1. The van der Waals surface area contributed by atoms with Crippen LogP contribution in [0.4, 0.5) is 0 Å². The van der Waals surface area contributed by atoms with Crippen molar-refractivity contribution in [2.45, 2.75) is 46.1 Å². The molecule has 8 nitrogen and oxygen atoms in total. The van der Waals surface area contributed by atoms with Crippen molar-refractivity contribution in [2.75, 3.05) is 6.54 Å². The molecule has 0 spiro atoms. The standard InChI is InChI=1S/C25H29N7O/c1-3-19-10-12-20(13-11-19)24-29-23(4-2)30-32(24)22-9-7-8-21(18-22)25(33)26-14-5-6-17-31-27-15-16-28-31/h7-13,15-16,18H,3-6,14,17H2,1-2H3,(H,26,33). The summed E-state index contributed by atoms with van der Waals surface area (Å²) in [5.74, 6) is 1.45. The first-order chi connectivity index (χ1) is 16.2. The highest BCUT2D eigenvalue weighted by Gasteiger charge is 2.14. The van der Waals surface area contributed by atoms with E-state index in [0.717, 1.165) is 55.1 Å². The largest absolute Gasteiger partial charge is 0.352 e. The zero-order valence-electron chi connectivity index (χ0n) is 19.1. The van der Waals surface area contributed by atoms with Gasteiger partial charge < -0.3 is 5.32 Å². The Morgan fingerprint density at radius 2 is 1.76 bits per heavy atom. The molecule has 0 bridgehead atoms. The normalized spacial score (nSPS) is 11.0. The number of carbonyl (C=O) groups is 1. The van der Waals surface area contributed by atoms with Crippen molar-refractivity contribution in [3.8, 4) is 17.1 Å². The minimum absolute atomic E-state index is 0.0984. The van der Waals surface area contributed by atoms with E-state index >= 15 is 0 Å². The van der Waals surface area contributed by atoms with Gasteiger partial charge in [-0.25, -0.2) is 9.67 Å². The molecular weight excluding hydrogens is 414 g/mol. The first-order valence-corrected chi connectivity index (χ1v) is 11.5. The summed E-state index contributed by atoms with van der Waals surface area (Å²) in [6.07, 6.45) is 6.81. The van der Waals surface area contributed by atoms with E-state index < -0.39 is 0 Å². The average molecular weight is 444 g/mol. The lowest BCUT2D eigenvalue weighted by atomic mass is 10.1. The fraction of sp³-hybridized carbons (Fsp3) is 0.320. The van der Waals surface area contributed by atoms with Crippen LogP contribution in [-0.2, 0) is 19.4 Å². The third-order valence-electron chi connectivity index (χ3n) is 5.48. The molecule has 0 aliphatic heterocycles. The molecule has 0 atom stereocenters. The van der Waals surface area contributed by atoms with E-state index in [1.807, 2.05) is 35.9 Å². The van der Waals surface area contributed by atoms with Crippen LogP contribution in [0, 0.1) is 0 Å². The Bertz CT molecular complexity index is 1180. The van der Waals surface area contributed by atoms with Crippen LogP contribution in [0.3, 0.4) is 0 Å². The number of nitrogens with one attached hydrogen (secondary N) is 1. The molecule has 0 saturated carbocycles. The summed E-state index contributed by atoms with van der Waals surface area (Å²) in [6, 6.07) is 15.9. The van der Waals surface area contributed by atoms with Crippen LogP contribution in [0.1, 0.15) is 48.4 Å². The molecule has 2 heterocycles. The molecule has 170 valence electrons. The molecule has 0 unspecified atom stereocenters.